The highest BCUT2D eigenvalue weighted by Gasteiger charge is 2.17. The van der Waals surface area contributed by atoms with Gasteiger partial charge in [0.1, 0.15) is 19.0 Å². The zero-order valence-electron chi connectivity index (χ0n) is 17.4. The number of para-hydroxylation sites is 1. The molecule has 5 heteroatoms. The number of nitrogens with zero attached hydrogens (tertiary/aromatic N) is 1. The second-order valence-electron chi connectivity index (χ2n) is 6.95. The highest BCUT2D eigenvalue weighted by molar-refractivity contribution is 5.87. The minimum atomic E-state index is -0.418. The normalized spacial score (nSPS) is 10.6. The number of ether oxygens (including phenoxy) is 2. The van der Waals surface area contributed by atoms with Crippen molar-refractivity contribution in [1.29, 1.82) is 0 Å². The minimum Gasteiger partial charge on any atom is -0.486 e. The average Bonchev–Trinajstić information content (AvgIpc) is 2.80. The topological polar surface area (TPSA) is 55.8 Å². The van der Waals surface area contributed by atoms with Gasteiger partial charge in [0.15, 0.2) is 5.78 Å². The highest BCUT2D eigenvalue weighted by atomic mass is 16.6. The maximum Gasteiger partial charge on any atom is 0.414 e. The van der Waals surface area contributed by atoms with Crippen LogP contribution in [0.4, 0.5) is 10.5 Å². The summed E-state index contributed by atoms with van der Waals surface area (Å²) in [6, 6.07) is 26.6. The number of carbonyl (C=O) groups excluding carboxylic acids is 2. The maximum atomic E-state index is 12.8. The molecule has 3 rings (SSSR count). The Kier molecular flexibility index (Phi) is 8.00. The quantitative estimate of drug-likeness (QED) is 0.462. The van der Waals surface area contributed by atoms with E-state index in [1.54, 1.807) is 17.0 Å². The van der Waals surface area contributed by atoms with Crippen molar-refractivity contribution in [2.75, 3.05) is 18.1 Å². The zero-order valence-corrected chi connectivity index (χ0v) is 17.4. The first-order valence-electron chi connectivity index (χ1n) is 10.0. The third-order valence-corrected chi connectivity index (χ3v) is 4.39. The van der Waals surface area contributed by atoms with Gasteiger partial charge in [0.25, 0.3) is 0 Å². The van der Waals surface area contributed by atoms with Crippen LogP contribution in [-0.4, -0.2) is 25.1 Å². The Hall–Kier alpha value is -3.86. The predicted molar refractivity (Wildman–Crippen MR) is 122 cm³/mol. The monoisotopic (exact) mass is 415 g/mol. The lowest BCUT2D eigenvalue weighted by Crippen LogP contribution is -2.31. The van der Waals surface area contributed by atoms with Gasteiger partial charge < -0.3 is 9.47 Å². The van der Waals surface area contributed by atoms with Crippen LogP contribution in [0.1, 0.15) is 18.1 Å². The second kappa shape index (κ2) is 11.4. The van der Waals surface area contributed by atoms with Crippen molar-refractivity contribution in [2.24, 2.45) is 0 Å². The van der Waals surface area contributed by atoms with E-state index in [4.69, 9.17) is 9.47 Å². The van der Waals surface area contributed by atoms with E-state index in [1.807, 2.05) is 84.9 Å². The number of ketones is 1. The zero-order chi connectivity index (χ0) is 21.9. The first-order chi connectivity index (χ1) is 15.1. The van der Waals surface area contributed by atoms with Gasteiger partial charge in [0.05, 0.1) is 6.54 Å². The Morgan fingerprint density at radius 1 is 0.903 bits per heavy atom. The van der Waals surface area contributed by atoms with Crippen molar-refractivity contribution in [3.05, 3.63) is 102 Å². The molecule has 3 aromatic carbocycles. The largest absolute Gasteiger partial charge is 0.486 e. The van der Waals surface area contributed by atoms with E-state index in [0.29, 0.717) is 12.3 Å². The van der Waals surface area contributed by atoms with Crippen LogP contribution in [0.3, 0.4) is 0 Å². The summed E-state index contributed by atoms with van der Waals surface area (Å²) >= 11 is 0. The van der Waals surface area contributed by atoms with Crippen LogP contribution in [0.15, 0.2) is 91.0 Å². The number of anilines is 1. The summed E-state index contributed by atoms with van der Waals surface area (Å²) in [5, 5.41) is 0. The van der Waals surface area contributed by atoms with Crippen molar-refractivity contribution >= 4 is 23.6 Å². The number of Topliss-reactive ketones (excluding diaryl/α,β-unsaturated/α-hetero) is 1. The minimum absolute atomic E-state index is 0.0358. The molecule has 0 saturated carbocycles. The van der Waals surface area contributed by atoms with Crippen molar-refractivity contribution in [2.45, 2.75) is 13.5 Å². The smallest absolute Gasteiger partial charge is 0.414 e. The number of benzene rings is 3. The van der Waals surface area contributed by atoms with Crippen LogP contribution in [-0.2, 0) is 16.1 Å². The summed E-state index contributed by atoms with van der Waals surface area (Å²) in [4.78, 5) is 25.4. The molecule has 0 heterocycles. The number of amides is 1. The molecule has 0 radical (unpaired) electrons. The van der Waals surface area contributed by atoms with E-state index in [0.717, 1.165) is 16.8 Å². The summed E-state index contributed by atoms with van der Waals surface area (Å²) in [5.74, 6) is 0.582. The fourth-order valence-electron chi connectivity index (χ4n) is 2.91. The van der Waals surface area contributed by atoms with Crippen molar-refractivity contribution in [3.63, 3.8) is 0 Å². The summed E-state index contributed by atoms with van der Waals surface area (Å²) in [5.41, 5.74) is 2.68. The molecule has 0 aliphatic rings. The van der Waals surface area contributed by atoms with E-state index in [-0.39, 0.29) is 19.0 Å². The maximum absolute atomic E-state index is 12.8. The molecule has 0 atom stereocenters. The molecule has 0 aliphatic heterocycles. The van der Waals surface area contributed by atoms with Crippen LogP contribution in [0.25, 0.3) is 6.08 Å². The highest BCUT2D eigenvalue weighted by Crippen LogP contribution is 2.18. The summed E-state index contributed by atoms with van der Waals surface area (Å²) in [6.45, 7) is 2.08. The lowest BCUT2D eigenvalue weighted by molar-refractivity contribution is -0.118. The molecule has 5 nitrogen and oxygen atoms in total. The van der Waals surface area contributed by atoms with Crippen molar-refractivity contribution in [1.82, 2.24) is 0 Å². The van der Waals surface area contributed by atoms with E-state index < -0.39 is 6.09 Å². The lowest BCUT2D eigenvalue weighted by atomic mass is 10.2. The van der Waals surface area contributed by atoms with Gasteiger partial charge in [0.2, 0.25) is 0 Å². The first-order valence-corrected chi connectivity index (χ1v) is 10.0. The predicted octanol–water partition coefficient (Wildman–Crippen LogP) is 5.51. The van der Waals surface area contributed by atoms with Crippen LogP contribution < -0.4 is 9.64 Å². The van der Waals surface area contributed by atoms with Gasteiger partial charge in [-0.3, -0.25) is 9.69 Å². The van der Waals surface area contributed by atoms with E-state index >= 15 is 0 Å². The van der Waals surface area contributed by atoms with Gasteiger partial charge in [-0.2, -0.15) is 0 Å². The van der Waals surface area contributed by atoms with Crippen LogP contribution >= 0.6 is 0 Å². The molecule has 0 aliphatic carbocycles. The SMILES string of the molecule is CC(=O)COc1cccc(/C=C\COC(=O)N(Cc2ccccc2)c2ccccc2)c1. The molecule has 3 aromatic rings. The number of rotatable bonds is 9. The van der Waals surface area contributed by atoms with Gasteiger partial charge in [-0.05, 0) is 48.4 Å². The Balaban J connectivity index is 1.60. The molecule has 0 aromatic heterocycles. The summed E-state index contributed by atoms with van der Waals surface area (Å²) < 4.78 is 10.9. The third-order valence-electron chi connectivity index (χ3n) is 4.39. The van der Waals surface area contributed by atoms with E-state index in [1.165, 1.54) is 6.92 Å². The fourth-order valence-corrected chi connectivity index (χ4v) is 2.91. The molecule has 0 spiro atoms. The van der Waals surface area contributed by atoms with Crippen molar-refractivity contribution < 1.29 is 19.1 Å². The first kappa shape index (κ1) is 21.8. The van der Waals surface area contributed by atoms with Gasteiger partial charge >= 0.3 is 6.09 Å². The van der Waals surface area contributed by atoms with Gasteiger partial charge in [-0.15, -0.1) is 0 Å². The van der Waals surface area contributed by atoms with Gasteiger partial charge in [0, 0.05) is 5.69 Å². The van der Waals surface area contributed by atoms with E-state index in [2.05, 4.69) is 0 Å². The molecule has 0 fully saturated rings. The molecule has 0 N–H and O–H groups in total. The lowest BCUT2D eigenvalue weighted by Gasteiger charge is -2.22. The second-order valence-corrected chi connectivity index (χ2v) is 6.95. The third kappa shape index (κ3) is 7.16. The van der Waals surface area contributed by atoms with Gasteiger partial charge in [-0.1, -0.05) is 66.7 Å². The van der Waals surface area contributed by atoms with Crippen LogP contribution in [0.2, 0.25) is 0 Å². The molecule has 158 valence electrons. The van der Waals surface area contributed by atoms with E-state index in [9.17, 15) is 9.59 Å². The number of hydrogen-bond acceptors (Lipinski definition) is 4. The Morgan fingerprint density at radius 2 is 1.61 bits per heavy atom. The molecule has 0 unspecified atom stereocenters. The van der Waals surface area contributed by atoms with Gasteiger partial charge in [-0.25, -0.2) is 4.79 Å². The van der Waals surface area contributed by atoms with Crippen LogP contribution in [0.5, 0.6) is 5.75 Å². The molecule has 31 heavy (non-hydrogen) atoms. The molecule has 1 amide bonds. The standard InChI is InChI=1S/C26H25NO4/c1-21(28)20-31-25-16-8-12-22(18-25)13-9-17-30-26(29)27(24-14-6-3-7-15-24)19-23-10-4-2-5-11-23/h2-16,18H,17,19-20H2,1H3/b13-9-. The Morgan fingerprint density at radius 3 is 2.32 bits per heavy atom. The number of hydrogen-bond donors (Lipinski definition) is 0. The molecule has 0 bridgehead atoms. The summed E-state index contributed by atoms with van der Waals surface area (Å²) in [6.07, 6.45) is 3.20. The fraction of sp³-hybridized carbons (Fsp3) is 0.154. The van der Waals surface area contributed by atoms with Crippen molar-refractivity contribution in [3.8, 4) is 5.75 Å². The molecular weight excluding hydrogens is 390 g/mol. The number of carbonyl (C=O) groups is 2. The summed E-state index contributed by atoms with van der Waals surface area (Å²) in [7, 11) is 0. The Labute approximate surface area is 182 Å². The molecular formula is C26H25NO4. The average molecular weight is 415 g/mol. The molecule has 0 saturated heterocycles. The van der Waals surface area contributed by atoms with Crippen LogP contribution in [0, 0.1) is 0 Å². The Bertz CT molecular complexity index is 1020.